The van der Waals surface area contributed by atoms with Crippen molar-refractivity contribution in [1.82, 2.24) is 0 Å². The maximum Gasteiger partial charge on any atom is 0.150 e. The van der Waals surface area contributed by atoms with Crippen LogP contribution in [0, 0.1) is 11.7 Å². The van der Waals surface area contributed by atoms with E-state index in [4.69, 9.17) is 0 Å². The predicted octanol–water partition coefficient (Wildman–Crippen LogP) is 3.80. The molecule has 1 aliphatic carbocycles. The van der Waals surface area contributed by atoms with Crippen LogP contribution in [-0.2, 0) is 0 Å². The van der Waals surface area contributed by atoms with E-state index in [-0.39, 0.29) is 5.82 Å². The molecule has 0 unspecified atom stereocenters. The average Bonchev–Trinajstić information content (AvgIpc) is 2.46. The third-order valence-corrected chi connectivity index (χ3v) is 4.62. The summed E-state index contributed by atoms with van der Waals surface area (Å²) in [5.74, 6) is 0.447. The number of halogens is 1. The summed E-state index contributed by atoms with van der Waals surface area (Å²) in [7, 11) is 0. The molecule has 0 spiro atoms. The van der Waals surface area contributed by atoms with Crippen LogP contribution in [0.5, 0.6) is 0 Å². The Hall–Kier alpha value is -1.38. The molecular formula is C16H20FNO. The Morgan fingerprint density at radius 1 is 1.11 bits per heavy atom. The Bertz CT molecular complexity index is 472. The number of benzene rings is 1. The van der Waals surface area contributed by atoms with Gasteiger partial charge in [0.2, 0.25) is 0 Å². The van der Waals surface area contributed by atoms with Crippen molar-refractivity contribution >= 4 is 12.0 Å². The number of carbonyl (C=O) groups excluding carboxylic acids is 1. The molecule has 102 valence electrons. The van der Waals surface area contributed by atoms with Crippen LogP contribution < -0.4 is 4.90 Å². The van der Waals surface area contributed by atoms with Crippen LogP contribution in [0.3, 0.4) is 0 Å². The van der Waals surface area contributed by atoms with Crippen LogP contribution in [-0.4, -0.2) is 18.9 Å². The van der Waals surface area contributed by atoms with Crippen molar-refractivity contribution in [3.05, 3.63) is 29.6 Å². The lowest BCUT2D eigenvalue weighted by atomic mass is 9.78. The fourth-order valence-corrected chi connectivity index (χ4v) is 3.78. The van der Waals surface area contributed by atoms with Crippen LogP contribution in [0.25, 0.3) is 0 Å². The number of piperidine rings is 1. The molecule has 2 fully saturated rings. The van der Waals surface area contributed by atoms with Crippen molar-refractivity contribution in [1.29, 1.82) is 0 Å². The third-order valence-electron chi connectivity index (χ3n) is 4.62. The lowest BCUT2D eigenvalue weighted by Crippen LogP contribution is -2.47. The largest absolute Gasteiger partial charge is 0.368 e. The molecule has 1 aromatic rings. The molecule has 3 heteroatoms. The zero-order valence-electron chi connectivity index (χ0n) is 11.1. The molecule has 0 bridgehead atoms. The van der Waals surface area contributed by atoms with E-state index in [9.17, 15) is 9.18 Å². The van der Waals surface area contributed by atoms with Crippen molar-refractivity contribution in [2.45, 2.75) is 44.6 Å². The van der Waals surface area contributed by atoms with Gasteiger partial charge in [-0.05, 0) is 49.8 Å². The van der Waals surface area contributed by atoms with Crippen molar-refractivity contribution in [2.75, 3.05) is 11.4 Å². The molecule has 1 heterocycles. The topological polar surface area (TPSA) is 20.3 Å². The zero-order valence-corrected chi connectivity index (χ0v) is 11.1. The van der Waals surface area contributed by atoms with E-state index in [0.29, 0.717) is 11.6 Å². The molecule has 2 atom stereocenters. The van der Waals surface area contributed by atoms with Crippen LogP contribution in [0.2, 0.25) is 0 Å². The molecule has 2 nitrogen and oxygen atoms in total. The number of anilines is 1. The summed E-state index contributed by atoms with van der Waals surface area (Å²) >= 11 is 0. The number of fused-ring (bicyclic) bond motifs is 1. The van der Waals surface area contributed by atoms with E-state index in [1.807, 2.05) is 6.07 Å². The molecule has 1 aromatic carbocycles. The SMILES string of the molecule is O=Cc1cc(F)cc(N2CCC[C@H]3CCCC[C@H]32)c1. The average molecular weight is 261 g/mol. The van der Waals surface area contributed by atoms with E-state index < -0.39 is 0 Å². The van der Waals surface area contributed by atoms with Gasteiger partial charge in [0.1, 0.15) is 12.1 Å². The maximum atomic E-state index is 13.6. The van der Waals surface area contributed by atoms with Gasteiger partial charge in [-0.3, -0.25) is 4.79 Å². The molecule has 2 aliphatic rings. The van der Waals surface area contributed by atoms with E-state index in [2.05, 4.69) is 4.90 Å². The minimum absolute atomic E-state index is 0.308. The predicted molar refractivity (Wildman–Crippen MR) is 74.1 cm³/mol. The number of nitrogens with zero attached hydrogens (tertiary/aromatic N) is 1. The molecule has 0 amide bonds. The van der Waals surface area contributed by atoms with Gasteiger partial charge in [0.15, 0.2) is 0 Å². The molecule has 0 radical (unpaired) electrons. The van der Waals surface area contributed by atoms with Crippen LogP contribution in [0.4, 0.5) is 10.1 Å². The molecular weight excluding hydrogens is 241 g/mol. The highest BCUT2D eigenvalue weighted by molar-refractivity contribution is 5.77. The second-order valence-electron chi connectivity index (χ2n) is 5.81. The molecule has 0 N–H and O–H groups in total. The fourth-order valence-electron chi connectivity index (χ4n) is 3.78. The number of aldehydes is 1. The summed E-state index contributed by atoms with van der Waals surface area (Å²) in [6, 6.07) is 5.25. The van der Waals surface area contributed by atoms with E-state index in [1.54, 1.807) is 6.07 Å². The van der Waals surface area contributed by atoms with Gasteiger partial charge in [0.25, 0.3) is 0 Å². The number of hydrogen-bond acceptors (Lipinski definition) is 2. The summed E-state index contributed by atoms with van der Waals surface area (Å²) in [6.07, 6.45) is 8.32. The highest BCUT2D eigenvalue weighted by Crippen LogP contribution is 2.38. The number of hydrogen-bond donors (Lipinski definition) is 0. The molecule has 19 heavy (non-hydrogen) atoms. The number of carbonyl (C=O) groups is 1. The summed E-state index contributed by atoms with van der Waals surface area (Å²) in [5, 5.41) is 0. The molecule has 3 rings (SSSR count). The van der Waals surface area contributed by atoms with Crippen LogP contribution >= 0.6 is 0 Å². The van der Waals surface area contributed by atoms with Gasteiger partial charge in [-0.25, -0.2) is 4.39 Å². The lowest BCUT2D eigenvalue weighted by molar-refractivity contribution is 0.112. The number of rotatable bonds is 2. The normalized spacial score (nSPS) is 26.9. The first-order chi connectivity index (χ1) is 9.28. The van der Waals surface area contributed by atoms with Gasteiger partial charge in [-0.15, -0.1) is 0 Å². The summed E-state index contributed by atoms with van der Waals surface area (Å²) in [5.41, 5.74) is 1.33. The van der Waals surface area contributed by atoms with Gasteiger partial charge in [-0.1, -0.05) is 12.8 Å². The van der Waals surface area contributed by atoms with Crippen molar-refractivity contribution < 1.29 is 9.18 Å². The fraction of sp³-hybridized carbons (Fsp3) is 0.562. The first-order valence-corrected chi connectivity index (χ1v) is 7.30. The Balaban J connectivity index is 1.91. The first kappa shape index (κ1) is 12.6. The Kier molecular flexibility index (Phi) is 3.54. The highest BCUT2D eigenvalue weighted by Gasteiger charge is 2.33. The maximum absolute atomic E-state index is 13.6. The molecule has 1 aliphatic heterocycles. The Morgan fingerprint density at radius 3 is 2.74 bits per heavy atom. The second-order valence-corrected chi connectivity index (χ2v) is 5.81. The third kappa shape index (κ3) is 2.51. The zero-order chi connectivity index (χ0) is 13.2. The summed E-state index contributed by atoms with van der Waals surface area (Å²) < 4.78 is 13.6. The van der Waals surface area contributed by atoms with Crippen molar-refractivity contribution in [3.63, 3.8) is 0 Å². The monoisotopic (exact) mass is 261 g/mol. The van der Waals surface area contributed by atoms with Gasteiger partial charge < -0.3 is 4.90 Å². The van der Waals surface area contributed by atoms with Gasteiger partial charge in [0.05, 0.1) is 0 Å². The summed E-state index contributed by atoms with van der Waals surface area (Å²) in [6.45, 7) is 0.989. The molecule has 0 aromatic heterocycles. The molecule has 1 saturated carbocycles. The van der Waals surface area contributed by atoms with E-state index in [1.165, 1.54) is 44.6 Å². The van der Waals surface area contributed by atoms with Gasteiger partial charge >= 0.3 is 0 Å². The second kappa shape index (κ2) is 5.32. The lowest BCUT2D eigenvalue weighted by Gasteiger charge is -2.45. The quantitative estimate of drug-likeness (QED) is 0.755. The minimum Gasteiger partial charge on any atom is -0.368 e. The Morgan fingerprint density at radius 2 is 1.89 bits per heavy atom. The summed E-state index contributed by atoms with van der Waals surface area (Å²) in [4.78, 5) is 13.2. The first-order valence-electron chi connectivity index (χ1n) is 7.30. The van der Waals surface area contributed by atoms with Gasteiger partial charge in [-0.2, -0.15) is 0 Å². The smallest absolute Gasteiger partial charge is 0.150 e. The van der Waals surface area contributed by atoms with Crippen molar-refractivity contribution in [2.24, 2.45) is 5.92 Å². The Labute approximate surface area is 113 Å². The standard InChI is InChI=1S/C16H20FNO/c17-14-8-12(11-19)9-15(10-14)18-7-3-5-13-4-1-2-6-16(13)18/h8-11,13,16H,1-7H2/t13-,16-/m1/s1. The van der Waals surface area contributed by atoms with E-state index in [0.717, 1.165) is 24.4 Å². The highest BCUT2D eigenvalue weighted by atomic mass is 19.1. The van der Waals surface area contributed by atoms with Crippen LogP contribution in [0.15, 0.2) is 18.2 Å². The van der Waals surface area contributed by atoms with E-state index >= 15 is 0 Å². The minimum atomic E-state index is -0.308. The van der Waals surface area contributed by atoms with Crippen molar-refractivity contribution in [3.8, 4) is 0 Å². The van der Waals surface area contributed by atoms with Crippen LogP contribution in [0.1, 0.15) is 48.9 Å². The molecule has 1 saturated heterocycles. The van der Waals surface area contributed by atoms with Gasteiger partial charge in [0, 0.05) is 23.8 Å².